The van der Waals surface area contributed by atoms with Crippen molar-refractivity contribution in [3.8, 4) is 5.69 Å². The van der Waals surface area contributed by atoms with E-state index in [4.69, 9.17) is 0 Å². The molecule has 27 heavy (non-hydrogen) atoms. The fourth-order valence-electron chi connectivity index (χ4n) is 2.23. The van der Waals surface area contributed by atoms with Crippen molar-refractivity contribution in [1.29, 1.82) is 0 Å². The van der Waals surface area contributed by atoms with Gasteiger partial charge in [0.05, 0.1) is 17.8 Å². The highest BCUT2D eigenvalue weighted by Gasteiger charge is 2.30. The maximum Gasteiger partial charge on any atom is 0.416 e. The molecular formula is C16H10F5N5O. The van der Waals surface area contributed by atoms with Gasteiger partial charge in [-0.25, -0.2) is 8.78 Å². The smallest absolute Gasteiger partial charge is 0.345 e. The average Bonchev–Trinajstić information content (AvgIpc) is 3.10. The first-order valence-corrected chi connectivity index (χ1v) is 7.44. The van der Waals surface area contributed by atoms with Crippen LogP contribution in [0.2, 0.25) is 0 Å². The summed E-state index contributed by atoms with van der Waals surface area (Å²) in [5.41, 5.74) is -1.04. The molecule has 0 bridgehead atoms. The van der Waals surface area contributed by atoms with E-state index in [2.05, 4.69) is 20.8 Å². The molecule has 1 N–H and O–H groups in total. The number of hydrogen-bond acceptors (Lipinski definition) is 4. The molecule has 11 heteroatoms. The van der Waals surface area contributed by atoms with Crippen LogP contribution in [0.3, 0.4) is 0 Å². The number of nitrogens with zero attached hydrogens (tertiary/aromatic N) is 4. The number of halogens is 5. The number of hydrogen-bond donors (Lipinski definition) is 1. The number of benzene rings is 2. The van der Waals surface area contributed by atoms with Gasteiger partial charge in [-0.2, -0.15) is 17.9 Å². The summed E-state index contributed by atoms with van der Waals surface area (Å²) < 4.78 is 65.6. The summed E-state index contributed by atoms with van der Waals surface area (Å²) in [6.45, 7) is -0.249. The summed E-state index contributed by atoms with van der Waals surface area (Å²) in [4.78, 5) is 12.1. The monoisotopic (exact) mass is 383 g/mol. The van der Waals surface area contributed by atoms with Gasteiger partial charge < -0.3 is 5.32 Å². The quantitative estimate of drug-likeness (QED) is 0.704. The van der Waals surface area contributed by atoms with E-state index in [0.29, 0.717) is 6.07 Å². The highest BCUT2D eigenvalue weighted by molar-refractivity contribution is 5.94. The van der Waals surface area contributed by atoms with E-state index in [1.807, 2.05) is 0 Å². The van der Waals surface area contributed by atoms with Crippen molar-refractivity contribution in [2.45, 2.75) is 12.7 Å². The fourth-order valence-corrected chi connectivity index (χ4v) is 2.23. The maximum absolute atomic E-state index is 13.4. The molecule has 0 atom stereocenters. The second kappa shape index (κ2) is 7.09. The molecule has 1 aromatic heterocycles. The van der Waals surface area contributed by atoms with Gasteiger partial charge in [-0.15, -0.1) is 5.10 Å². The van der Waals surface area contributed by atoms with Crippen LogP contribution in [0.4, 0.5) is 22.0 Å². The molecule has 2 aromatic carbocycles. The van der Waals surface area contributed by atoms with Crippen LogP contribution < -0.4 is 5.32 Å². The summed E-state index contributed by atoms with van der Waals surface area (Å²) in [5.74, 6) is -2.87. The zero-order valence-corrected chi connectivity index (χ0v) is 13.3. The Morgan fingerprint density at radius 1 is 1.07 bits per heavy atom. The lowest BCUT2D eigenvalue weighted by atomic mass is 10.1. The van der Waals surface area contributed by atoms with E-state index in [1.165, 1.54) is 12.1 Å². The lowest BCUT2D eigenvalue weighted by Crippen LogP contribution is -2.25. The lowest BCUT2D eigenvalue weighted by molar-refractivity contribution is -0.137. The molecule has 0 saturated heterocycles. The van der Waals surface area contributed by atoms with Crippen molar-refractivity contribution in [2.75, 3.05) is 0 Å². The third kappa shape index (κ3) is 4.07. The van der Waals surface area contributed by atoms with E-state index in [9.17, 15) is 26.7 Å². The number of rotatable bonds is 4. The van der Waals surface area contributed by atoms with E-state index in [-0.39, 0.29) is 23.6 Å². The number of carbonyl (C=O) groups excluding carboxylic acids is 1. The zero-order valence-electron chi connectivity index (χ0n) is 13.3. The molecule has 6 nitrogen and oxygen atoms in total. The van der Waals surface area contributed by atoms with Crippen molar-refractivity contribution >= 4 is 5.91 Å². The predicted molar refractivity (Wildman–Crippen MR) is 81.7 cm³/mol. The molecule has 0 aliphatic heterocycles. The molecule has 0 unspecified atom stereocenters. The van der Waals surface area contributed by atoms with Crippen molar-refractivity contribution in [3.63, 3.8) is 0 Å². The van der Waals surface area contributed by atoms with E-state index < -0.39 is 29.3 Å². The number of amides is 1. The van der Waals surface area contributed by atoms with E-state index in [1.54, 1.807) is 0 Å². The van der Waals surface area contributed by atoms with E-state index in [0.717, 1.165) is 28.9 Å². The van der Waals surface area contributed by atoms with Gasteiger partial charge in [0.15, 0.2) is 17.5 Å². The Morgan fingerprint density at radius 3 is 2.56 bits per heavy atom. The molecule has 0 spiro atoms. The van der Waals surface area contributed by atoms with Gasteiger partial charge in [0.2, 0.25) is 0 Å². The van der Waals surface area contributed by atoms with Crippen LogP contribution in [0, 0.1) is 11.6 Å². The molecule has 0 fully saturated rings. The minimum Gasteiger partial charge on any atom is -0.345 e. The minimum absolute atomic E-state index is 0.0707. The number of tetrazole rings is 1. The summed E-state index contributed by atoms with van der Waals surface area (Å²) in [5, 5.41) is 13.1. The summed E-state index contributed by atoms with van der Waals surface area (Å²) in [7, 11) is 0. The van der Waals surface area contributed by atoms with Crippen LogP contribution in [-0.2, 0) is 12.7 Å². The zero-order chi connectivity index (χ0) is 19.6. The Balaban J connectivity index is 1.76. The van der Waals surface area contributed by atoms with E-state index >= 15 is 0 Å². The molecule has 0 aliphatic rings. The average molecular weight is 383 g/mol. The van der Waals surface area contributed by atoms with Gasteiger partial charge >= 0.3 is 6.18 Å². The Morgan fingerprint density at radius 2 is 1.85 bits per heavy atom. The van der Waals surface area contributed by atoms with Gasteiger partial charge in [0.1, 0.15) is 0 Å². The highest BCUT2D eigenvalue weighted by atomic mass is 19.4. The fraction of sp³-hybridized carbons (Fsp3) is 0.125. The van der Waals surface area contributed by atoms with Crippen LogP contribution in [0.25, 0.3) is 5.69 Å². The molecule has 1 heterocycles. The second-order valence-corrected chi connectivity index (χ2v) is 5.37. The number of aromatic nitrogens is 4. The van der Waals surface area contributed by atoms with Gasteiger partial charge in [0.25, 0.3) is 5.91 Å². The molecule has 0 aliphatic carbocycles. The first-order chi connectivity index (χ1) is 12.8. The third-order valence-corrected chi connectivity index (χ3v) is 3.54. The van der Waals surface area contributed by atoms with Crippen LogP contribution in [0.15, 0.2) is 42.5 Å². The van der Waals surface area contributed by atoms with Gasteiger partial charge in [-0.1, -0.05) is 6.07 Å². The Hall–Kier alpha value is -3.37. The first kappa shape index (κ1) is 18.4. The second-order valence-electron chi connectivity index (χ2n) is 5.37. The molecule has 0 saturated carbocycles. The number of carbonyl (C=O) groups is 1. The van der Waals surface area contributed by atoms with Crippen LogP contribution in [0.5, 0.6) is 0 Å². The molecule has 140 valence electrons. The van der Waals surface area contributed by atoms with Crippen molar-refractivity contribution in [1.82, 2.24) is 25.5 Å². The standard InChI is InChI=1S/C16H10F5N5O/c17-12-5-4-11(7-13(12)18)26-14(23-24-25-26)8-22-15(27)9-2-1-3-10(6-9)16(19,20)21/h1-7H,8H2,(H,22,27). The van der Waals surface area contributed by atoms with Crippen LogP contribution in [0.1, 0.15) is 21.7 Å². The number of nitrogens with one attached hydrogen (secondary N) is 1. The summed E-state index contributed by atoms with van der Waals surface area (Å²) in [6.07, 6.45) is -4.58. The Labute approximate surface area is 148 Å². The SMILES string of the molecule is O=C(NCc1nnnn1-c1ccc(F)c(F)c1)c1cccc(C(F)(F)F)c1. The highest BCUT2D eigenvalue weighted by Crippen LogP contribution is 2.29. The van der Waals surface area contributed by atoms with Gasteiger partial charge in [-0.3, -0.25) is 4.79 Å². The van der Waals surface area contributed by atoms with Crippen LogP contribution >= 0.6 is 0 Å². The predicted octanol–water partition coefficient (Wildman–Crippen LogP) is 2.89. The molecule has 1 amide bonds. The maximum atomic E-state index is 13.4. The summed E-state index contributed by atoms with van der Waals surface area (Å²) in [6, 6.07) is 6.88. The summed E-state index contributed by atoms with van der Waals surface area (Å²) >= 11 is 0. The normalized spacial score (nSPS) is 11.4. The molecule has 0 radical (unpaired) electrons. The van der Waals surface area contributed by atoms with Crippen molar-refractivity contribution in [2.24, 2.45) is 0 Å². The van der Waals surface area contributed by atoms with Crippen molar-refractivity contribution in [3.05, 3.63) is 71.1 Å². The lowest BCUT2D eigenvalue weighted by Gasteiger charge is -2.09. The Bertz CT molecular complexity index is 985. The third-order valence-electron chi connectivity index (χ3n) is 3.54. The molecular weight excluding hydrogens is 373 g/mol. The largest absolute Gasteiger partial charge is 0.416 e. The van der Waals surface area contributed by atoms with Gasteiger partial charge in [0, 0.05) is 11.6 Å². The Kier molecular flexibility index (Phi) is 4.84. The van der Waals surface area contributed by atoms with Gasteiger partial charge in [-0.05, 0) is 40.8 Å². The molecule has 3 rings (SSSR count). The number of alkyl halides is 3. The molecule has 3 aromatic rings. The van der Waals surface area contributed by atoms with Crippen LogP contribution in [-0.4, -0.2) is 26.1 Å². The first-order valence-electron chi connectivity index (χ1n) is 7.44. The topological polar surface area (TPSA) is 72.7 Å². The minimum atomic E-state index is -4.58. The van der Waals surface area contributed by atoms with Crippen molar-refractivity contribution < 1.29 is 26.7 Å².